The Morgan fingerprint density at radius 2 is 0.900 bits per heavy atom. The number of aryl methyl sites for hydroxylation is 1. The monoisotopic (exact) mass is 790 g/mol. The van der Waals surface area contributed by atoms with Gasteiger partial charge in [-0.2, -0.15) is 0 Å². The molecule has 0 saturated heterocycles. The average molecular weight is 791 g/mol. The number of hydrogen-bond acceptors (Lipinski definition) is 2. The number of benzene rings is 9. The lowest BCUT2D eigenvalue weighted by Gasteiger charge is -2.30. The number of anilines is 6. The molecule has 0 radical (unpaired) electrons. The molecule has 9 aromatic carbocycles. The molecule has 0 N–H and O–H groups in total. The van der Waals surface area contributed by atoms with Crippen LogP contribution in [-0.2, 0) is 5.41 Å². The minimum absolute atomic E-state index is 0.00590. The van der Waals surface area contributed by atoms with E-state index in [0.717, 1.165) is 55.4 Å². The fourth-order valence-electron chi connectivity index (χ4n) is 8.99. The second-order valence-electron chi connectivity index (χ2n) is 15.9. The summed E-state index contributed by atoms with van der Waals surface area (Å²) in [5, 5.41) is 3.51. The Bertz CT molecular complexity index is 3100. The fraction of sp³-hybridized carbons (Fsp3) is 0.0741. The maximum Gasteiger partial charge on any atom is 0.186 e. The molecule has 0 heterocycles. The van der Waals surface area contributed by atoms with Gasteiger partial charge in [-0.05, 0) is 94.0 Å². The first-order valence-electron chi connectivity index (χ1n) is 19.9. The first-order valence-corrected chi connectivity index (χ1v) is 19.9. The van der Waals surface area contributed by atoms with Crippen molar-refractivity contribution in [3.8, 4) is 22.3 Å². The first kappa shape index (κ1) is 37.1. The van der Waals surface area contributed by atoms with Gasteiger partial charge in [-0.25, -0.2) is 17.6 Å². The molecule has 0 aliphatic heterocycles. The Balaban J connectivity index is 1.12. The third kappa shape index (κ3) is 5.85. The van der Waals surface area contributed by atoms with E-state index in [0.29, 0.717) is 22.4 Å². The largest absolute Gasteiger partial charge is 0.310 e. The molecule has 0 bridgehead atoms. The van der Waals surface area contributed by atoms with Gasteiger partial charge in [-0.15, -0.1) is 0 Å². The van der Waals surface area contributed by atoms with Crippen molar-refractivity contribution in [1.29, 1.82) is 0 Å². The molecule has 0 fully saturated rings. The van der Waals surface area contributed by atoms with Crippen LogP contribution in [0.5, 0.6) is 0 Å². The SMILES string of the molecule is Cc1ccc(N(c2ccc(-c3c(F)c(F)c(N(c4ccc5c(c4)C(C)(C)c4ccccc4-5)c4cccc5ccccc45)c(F)c3F)cc2)c2cccc3ccccc23)cc1. The summed E-state index contributed by atoms with van der Waals surface area (Å²) in [5.41, 5.74) is 6.36. The van der Waals surface area contributed by atoms with Crippen LogP contribution < -0.4 is 9.80 Å². The molecule has 1 aliphatic rings. The molecule has 2 nitrogen and oxygen atoms in total. The van der Waals surface area contributed by atoms with Crippen LogP contribution in [0, 0.1) is 30.2 Å². The van der Waals surface area contributed by atoms with E-state index in [2.05, 4.69) is 30.9 Å². The molecule has 0 amide bonds. The van der Waals surface area contributed by atoms with Crippen molar-refractivity contribution in [2.75, 3.05) is 9.80 Å². The van der Waals surface area contributed by atoms with Crippen molar-refractivity contribution in [1.82, 2.24) is 0 Å². The normalized spacial score (nSPS) is 12.7. The van der Waals surface area contributed by atoms with Gasteiger partial charge in [0.1, 0.15) is 5.69 Å². The predicted octanol–water partition coefficient (Wildman–Crippen LogP) is 15.8. The summed E-state index contributed by atoms with van der Waals surface area (Å²) in [5.74, 6) is -5.97. The molecule has 10 rings (SSSR count). The van der Waals surface area contributed by atoms with Crippen molar-refractivity contribution in [2.24, 2.45) is 0 Å². The quantitative estimate of drug-likeness (QED) is 0.117. The van der Waals surface area contributed by atoms with Gasteiger partial charge in [0.2, 0.25) is 0 Å². The zero-order chi connectivity index (χ0) is 41.3. The van der Waals surface area contributed by atoms with Gasteiger partial charge in [0, 0.05) is 33.2 Å². The molecule has 0 spiro atoms. The summed E-state index contributed by atoms with van der Waals surface area (Å²) in [6.45, 7) is 6.22. The highest BCUT2D eigenvalue weighted by Gasteiger charge is 2.37. The smallest absolute Gasteiger partial charge is 0.186 e. The van der Waals surface area contributed by atoms with E-state index in [1.165, 1.54) is 17.0 Å². The topological polar surface area (TPSA) is 6.48 Å². The first-order chi connectivity index (χ1) is 29.1. The van der Waals surface area contributed by atoms with Crippen LogP contribution in [0.3, 0.4) is 0 Å². The summed E-state index contributed by atoms with van der Waals surface area (Å²) < 4.78 is 67.7. The molecule has 6 heteroatoms. The Hall–Kier alpha value is -7.18. The Kier molecular flexibility index (Phi) is 8.83. The van der Waals surface area contributed by atoms with E-state index in [1.54, 1.807) is 30.3 Å². The summed E-state index contributed by atoms with van der Waals surface area (Å²) in [6, 6.07) is 55.1. The van der Waals surface area contributed by atoms with Gasteiger partial charge in [0.15, 0.2) is 23.3 Å². The molecule has 0 aromatic heterocycles. The van der Waals surface area contributed by atoms with Crippen molar-refractivity contribution < 1.29 is 17.6 Å². The molecule has 0 atom stereocenters. The van der Waals surface area contributed by atoms with Crippen molar-refractivity contribution >= 4 is 55.7 Å². The highest BCUT2D eigenvalue weighted by molar-refractivity contribution is 6.01. The van der Waals surface area contributed by atoms with Crippen molar-refractivity contribution in [2.45, 2.75) is 26.2 Å². The second kappa shape index (κ2) is 14.3. The average Bonchev–Trinajstić information content (AvgIpc) is 3.51. The molecule has 9 aromatic rings. The van der Waals surface area contributed by atoms with Crippen LogP contribution in [0.2, 0.25) is 0 Å². The van der Waals surface area contributed by atoms with Gasteiger partial charge in [0.25, 0.3) is 0 Å². The van der Waals surface area contributed by atoms with Crippen molar-refractivity contribution in [3.05, 3.63) is 216 Å². The third-order valence-electron chi connectivity index (χ3n) is 12.0. The lowest BCUT2D eigenvalue weighted by atomic mass is 9.82. The summed E-state index contributed by atoms with van der Waals surface area (Å²) in [6.07, 6.45) is 0. The van der Waals surface area contributed by atoms with E-state index in [4.69, 9.17) is 0 Å². The lowest BCUT2D eigenvalue weighted by molar-refractivity contribution is 0.461. The molecule has 0 unspecified atom stereocenters. The van der Waals surface area contributed by atoms with Crippen LogP contribution in [0.1, 0.15) is 30.5 Å². The zero-order valence-corrected chi connectivity index (χ0v) is 33.1. The fourth-order valence-corrected chi connectivity index (χ4v) is 8.99. The maximum absolute atomic E-state index is 17.1. The summed E-state index contributed by atoms with van der Waals surface area (Å²) >= 11 is 0. The number of nitrogens with zero attached hydrogens (tertiary/aromatic N) is 2. The Morgan fingerprint density at radius 3 is 1.52 bits per heavy atom. The number of fused-ring (bicyclic) bond motifs is 5. The van der Waals surface area contributed by atoms with Crippen LogP contribution in [0.25, 0.3) is 43.8 Å². The van der Waals surface area contributed by atoms with Crippen LogP contribution in [0.15, 0.2) is 176 Å². The maximum atomic E-state index is 17.1. The minimum Gasteiger partial charge on any atom is -0.310 e. The molecule has 0 saturated carbocycles. The standard InChI is InChI=1S/C54H38F4N2/c1-33-22-26-37(27-23-33)59(46-20-10-14-34-12-4-6-16-40(34)46)38-28-24-36(25-29-38)48-49(55)51(57)53(52(58)50(48)56)60(47-21-11-15-35-13-5-7-17-41(35)47)39-30-31-43-42-18-8-9-19-44(42)54(2,3)45(43)32-39/h4-32H,1-3H3. The van der Waals surface area contributed by atoms with Gasteiger partial charge >= 0.3 is 0 Å². The zero-order valence-electron chi connectivity index (χ0n) is 33.1. The van der Waals surface area contributed by atoms with Gasteiger partial charge in [-0.3, -0.25) is 0 Å². The molecule has 1 aliphatic carbocycles. The molecular weight excluding hydrogens is 753 g/mol. The van der Waals surface area contributed by atoms with Gasteiger partial charge < -0.3 is 9.80 Å². The molecule has 60 heavy (non-hydrogen) atoms. The van der Waals surface area contributed by atoms with E-state index in [9.17, 15) is 0 Å². The third-order valence-corrected chi connectivity index (χ3v) is 12.0. The van der Waals surface area contributed by atoms with Crippen LogP contribution in [-0.4, -0.2) is 0 Å². The molecule has 292 valence electrons. The van der Waals surface area contributed by atoms with E-state index >= 15 is 17.6 Å². The van der Waals surface area contributed by atoms with Gasteiger partial charge in [-0.1, -0.05) is 147 Å². The number of rotatable bonds is 7. The van der Waals surface area contributed by atoms with Gasteiger partial charge in [0.05, 0.1) is 16.9 Å². The lowest BCUT2D eigenvalue weighted by Crippen LogP contribution is -2.19. The van der Waals surface area contributed by atoms with Crippen molar-refractivity contribution in [3.63, 3.8) is 0 Å². The summed E-state index contributed by atoms with van der Waals surface area (Å²) in [7, 11) is 0. The Morgan fingerprint density at radius 1 is 0.417 bits per heavy atom. The minimum atomic E-state index is -1.50. The number of hydrogen-bond donors (Lipinski definition) is 0. The summed E-state index contributed by atoms with van der Waals surface area (Å²) in [4.78, 5) is 3.37. The highest BCUT2D eigenvalue weighted by Crippen LogP contribution is 2.52. The van der Waals surface area contributed by atoms with E-state index in [-0.39, 0.29) is 5.56 Å². The Labute approximate surface area is 346 Å². The second-order valence-corrected chi connectivity index (χ2v) is 15.9. The van der Waals surface area contributed by atoms with E-state index in [1.807, 2.05) is 128 Å². The predicted molar refractivity (Wildman–Crippen MR) is 238 cm³/mol. The molecular formula is C54H38F4N2. The van der Waals surface area contributed by atoms with Crippen LogP contribution in [0.4, 0.5) is 51.7 Å². The van der Waals surface area contributed by atoms with Crippen LogP contribution >= 0.6 is 0 Å². The highest BCUT2D eigenvalue weighted by atomic mass is 19.2. The number of halogens is 4. The van der Waals surface area contributed by atoms with E-state index < -0.39 is 39.9 Å².